The van der Waals surface area contributed by atoms with E-state index < -0.39 is 11.2 Å². The van der Waals surface area contributed by atoms with Crippen LogP contribution in [0.4, 0.5) is 0 Å². The van der Waals surface area contributed by atoms with E-state index in [4.69, 9.17) is 16.3 Å². The summed E-state index contributed by atoms with van der Waals surface area (Å²) in [6, 6.07) is 21.7. The van der Waals surface area contributed by atoms with Crippen LogP contribution in [0.5, 0.6) is 0 Å². The van der Waals surface area contributed by atoms with Crippen molar-refractivity contribution in [3.05, 3.63) is 110 Å². The zero-order valence-electron chi connectivity index (χ0n) is 16.8. The summed E-state index contributed by atoms with van der Waals surface area (Å²) in [5.74, 6) is 6.13. The van der Waals surface area contributed by atoms with Crippen molar-refractivity contribution < 1.29 is 4.74 Å². The monoisotopic (exact) mass is 430 g/mol. The van der Waals surface area contributed by atoms with Crippen LogP contribution in [0.3, 0.4) is 0 Å². The summed E-state index contributed by atoms with van der Waals surface area (Å²) in [6.07, 6.45) is 0. The number of aromatic nitrogens is 2. The number of halogens is 1. The lowest BCUT2D eigenvalue weighted by molar-refractivity contribution is 0.187. The summed E-state index contributed by atoms with van der Waals surface area (Å²) in [5, 5.41) is 0.704. The lowest BCUT2D eigenvalue weighted by atomic mass is 10.1. The van der Waals surface area contributed by atoms with Crippen molar-refractivity contribution in [2.75, 3.05) is 13.7 Å². The van der Waals surface area contributed by atoms with Crippen molar-refractivity contribution in [2.24, 2.45) is 0 Å². The molecule has 154 valence electrons. The fourth-order valence-electron chi connectivity index (χ4n) is 3.36. The van der Waals surface area contributed by atoms with Crippen LogP contribution in [0.15, 0.2) is 82.4 Å². The highest BCUT2D eigenvalue weighted by atomic mass is 35.5. The maximum atomic E-state index is 13.2. The molecule has 31 heavy (non-hydrogen) atoms. The number of nitrogens with zero attached hydrogens (tertiary/aromatic N) is 2. The van der Waals surface area contributed by atoms with Gasteiger partial charge in [0.1, 0.15) is 0 Å². The number of hydrogen-bond acceptors (Lipinski definition) is 3. The van der Waals surface area contributed by atoms with E-state index in [1.54, 1.807) is 49.6 Å². The molecule has 0 bridgehead atoms. The second-order valence-electron chi connectivity index (χ2n) is 6.87. The third-order valence-electron chi connectivity index (χ3n) is 4.88. The zero-order valence-corrected chi connectivity index (χ0v) is 17.6. The van der Waals surface area contributed by atoms with Gasteiger partial charge in [0.2, 0.25) is 0 Å². The lowest BCUT2D eigenvalue weighted by Gasteiger charge is -2.14. The molecule has 0 unspecified atom stereocenters. The molecule has 0 aliphatic carbocycles. The molecule has 0 radical (unpaired) electrons. The first-order chi connectivity index (χ1) is 15.1. The third kappa shape index (κ3) is 4.17. The SMILES string of the molecule is COCCn1c(=O)n(-c2ccc(C#Cc3ccccc3)cc2Cl)c(=O)c2ccccc21. The number of fused-ring (bicyclic) bond motifs is 1. The number of rotatable bonds is 4. The summed E-state index contributed by atoms with van der Waals surface area (Å²) in [4.78, 5) is 26.4. The Hall–Kier alpha value is -3.59. The molecule has 0 saturated carbocycles. The van der Waals surface area contributed by atoms with Crippen molar-refractivity contribution in [1.82, 2.24) is 9.13 Å². The Labute approximate surface area is 184 Å². The molecule has 4 rings (SSSR count). The van der Waals surface area contributed by atoms with Gasteiger partial charge in [-0.25, -0.2) is 9.36 Å². The van der Waals surface area contributed by atoms with Gasteiger partial charge in [-0.3, -0.25) is 9.36 Å². The van der Waals surface area contributed by atoms with Crippen LogP contribution in [0, 0.1) is 11.8 Å². The average molecular weight is 431 g/mol. The van der Waals surface area contributed by atoms with Crippen LogP contribution in [0.1, 0.15) is 11.1 Å². The number of ether oxygens (including phenoxy) is 1. The fourth-order valence-corrected chi connectivity index (χ4v) is 3.63. The second-order valence-corrected chi connectivity index (χ2v) is 7.27. The van der Waals surface area contributed by atoms with Crippen LogP contribution in [-0.4, -0.2) is 22.9 Å². The summed E-state index contributed by atoms with van der Waals surface area (Å²) in [5.41, 5.74) is 1.57. The van der Waals surface area contributed by atoms with Crippen molar-refractivity contribution in [3.63, 3.8) is 0 Å². The van der Waals surface area contributed by atoms with E-state index in [1.807, 2.05) is 30.3 Å². The largest absolute Gasteiger partial charge is 0.383 e. The molecule has 0 fully saturated rings. The maximum Gasteiger partial charge on any atom is 0.336 e. The van der Waals surface area contributed by atoms with Crippen LogP contribution < -0.4 is 11.2 Å². The quantitative estimate of drug-likeness (QED) is 0.462. The minimum Gasteiger partial charge on any atom is -0.383 e. The van der Waals surface area contributed by atoms with Gasteiger partial charge in [-0.15, -0.1) is 0 Å². The van der Waals surface area contributed by atoms with E-state index >= 15 is 0 Å². The van der Waals surface area contributed by atoms with Gasteiger partial charge in [0.25, 0.3) is 5.56 Å². The number of hydrogen-bond donors (Lipinski definition) is 0. The van der Waals surface area contributed by atoms with Gasteiger partial charge in [0, 0.05) is 18.2 Å². The van der Waals surface area contributed by atoms with Gasteiger partial charge in [0.15, 0.2) is 0 Å². The summed E-state index contributed by atoms with van der Waals surface area (Å²) in [7, 11) is 1.56. The molecular formula is C25H19ClN2O3. The van der Waals surface area contributed by atoms with E-state index in [-0.39, 0.29) is 5.02 Å². The van der Waals surface area contributed by atoms with E-state index in [0.717, 1.165) is 10.1 Å². The highest BCUT2D eigenvalue weighted by molar-refractivity contribution is 6.32. The molecule has 0 aliphatic heterocycles. The second kappa shape index (κ2) is 9.05. The molecule has 5 nitrogen and oxygen atoms in total. The molecule has 0 saturated heterocycles. The van der Waals surface area contributed by atoms with Gasteiger partial charge in [0.05, 0.1) is 34.8 Å². The Morgan fingerprint density at radius 3 is 2.35 bits per heavy atom. The van der Waals surface area contributed by atoms with Crippen LogP contribution in [0.25, 0.3) is 16.6 Å². The standard InChI is InChI=1S/C25H19ClN2O3/c1-31-16-15-27-22-10-6-5-9-20(22)24(29)28(25(27)30)23-14-13-19(17-21(23)26)12-11-18-7-3-2-4-8-18/h2-10,13-14,17H,15-16H2,1H3. The zero-order chi connectivity index (χ0) is 21.8. The van der Waals surface area contributed by atoms with Crippen LogP contribution >= 0.6 is 11.6 Å². The molecule has 3 aromatic carbocycles. The maximum absolute atomic E-state index is 13.2. The smallest absolute Gasteiger partial charge is 0.336 e. The predicted molar refractivity (Wildman–Crippen MR) is 123 cm³/mol. The average Bonchev–Trinajstić information content (AvgIpc) is 2.79. The molecule has 1 heterocycles. The van der Waals surface area contributed by atoms with Crippen LogP contribution in [0.2, 0.25) is 5.02 Å². The van der Waals surface area contributed by atoms with Gasteiger partial charge in [-0.1, -0.05) is 53.8 Å². The predicted octanol–water partition coefficient (Wildman–Crippen LogP) is 3.85. The molecule has 0 atom stereocenters. The number of benzene rings is 3. The molecule has 0 amide bonds. The topological polar surface area (TPSA) is 53.2 Å². The first-order valence-corrected chi connectivity index (χ1v) is 10.1. The normalized spacial score (nSPS) is 10.6. The molecule has 6 heteroatoms. The van der Waals surface area contributed by atoms with E-state index in [9.17, 15) is 9.59 Å². The Balaban J connectivity index is 1.85. The molecule has 0 spiro atoms. The minimum absolute atomic E-state index is 0.271. The van der Waals surface area contributed by atoms with Crippen molar-refractivity contribution >= 4 is 22.5 Å². The van der Waals surface area contributed by atoms with Crippen molar-refractivity contribution in [3.8, 4) is 17.5 Å². The highest BCUT2D eigenvalue weighted by Gasteiger charge is 2.16. The first-order valence-electron chi connectivity index (χ1n) is 9.70. The van der Waals surface area contributed by atoms with E-state index in [0.29, 0.717) is 35.3 Å². The summed E-state index contributed by atoms with van der Waals surface area (Å²) in [6.45, 7) is 0.651. The molecule has 0 N–H and O–H groups in total. The number of para-hydroxylation sites is 1. The van der Waals surface area contributed by atoms with Crippen LogP contribution in [-0.2, 0) is 11.3 Å². The minimum atomic E-state index is -0.467. The molecule has 0 aliphatic rings. The number of methoxy groups -OCH3 is 1. The highest BCUT2D eigenvalue weighted by Crippen LogP contribution is 2.20. The summed E-state index contributed by atoms with van der Waals surface area (Å²) >= 11 is 6.50. The Morgan fingerprint density at radius 1 is 0.903 bits per heavy atom. The third-order valence-corrected chi connectivity index (χ3v) is 5.19. The summed E-state index contributed by atoms with van der Waals surface area (Å²) < 4.78 is 7.77. The van der Waals surface area contributed by atoms with Gasteiger partial charge in [-0.2, -0.15) is 0 Å². The Bertz CT molecular complexity index is 1430. The lowest BCUT2D eigenvalue weighted by Crippen LogP contribution is -2.39. The molecule has 4 aromatic rings. The van der Waals surface area contributed by atoms with E-state index in [2.05, 4.69) is 11.8 Å². The Morgan fingerprint density at radius 2 is 1.61 bits per heavy atom. The molecular weight excluding hydrogens is 412 g/mol. The van der Waals surface area contributed by atoms with Gasteiger partial charge >= 0.3 is 5.69 Å². The van der Waals surface area contributed by atoms with Gasteiger partial charge < -0.3 is 4.74 Å². The van der Waals surface area contributed by atoms with Crippen molar-refractivity contribution in [2.45, 2.75) is 6.54 Å². The Kier molecular flexibility index (Phi) is 6.03. The van der Waals surface area contributed by atoms with Gasteiger partial charge in [-0.05, 0) is 42.5 Å². The molecule has 1 aromatic heterocycles. The fraction of sp³-hybridized carbons (Fsp3) is 0.120. The van der Waals surface area contributed by atoms with E-state index in [1.165, 1.54) is 4.57 Å². The first kappa shape index (κ1) is 20.7. The van der Waals surface area contributed by atoms with Crippen molar-refractivity contribution in [1.29, 1.82) is 0 Å².